The molecule has 1 N–H and O–H groups in total. The highest BCUT2D eigenvalue weighted by atomic mass is 32.2. The first-order valence-electron chi connectivity index (χ1n) is 6.16. The minimum absolute atomic E-state index is 0.0284. The second kappa shape index (κ2) is 5.18. The molecule has 0 aliphatic carbocycles. The summed E-state index contributed by atoms with van der Waals surface area (Å²) in [5.41, 5.74) is 0. The van der Waals surface area contributed by atoms with Crippen molar-refractivity contribution in [2.24, 2.45) is 0 Å². The number of aliphatic hydroxyl groups is 1. The van der Waals surface area contributed by atoms with Gasteiger partial charge in [0, 0.05) is 18.8 Å². The van der Waals surface area contributed by atoms with Crippen molar-refractivity contribution in [3.8, 4) is 0 Å². The van der Waals surface area contributed by atoms with Crippen LogP contribution in [0.3, 0.4) is 0 Å². The number of imidazole rings is 1. The van der Waals surface area contributed by atoms with Crippen LogP contribution in [-0.4, -0.2) is 52.7 Å². The van der Waals surface area contributed by atoms with Gasteiger partial charge in [-0.15, -0.1) is 0 Å². The van der Waals surface area contributed by atoms with E-state index in [-0.39, 0.29) is 30.6 Å². The first kappa shape index (κ1) is 14.4. The molecule has 0 radical (unpaired) electrons. The van der Waals surface area contributed by atoms with E-state index in [1.165, 1.54) is 12.5 Å². The van der Waals surface area contributed by atoms with Crippen LogP contribution in [0.5, 0.6) is 0 Å². The van der Waals surface area contributed by atoms with Crippen LogP contribution in [0.4, 0.5) is 4.39 Å². The van der Waals surface area contributed by atoms with Crippen molar-refractivity contribution in [3.05, 3.63) is 12.5 Å². The zero-order chi connectivity index (χ0) is 14.2. The molecule has 0 saturated carbocycles. The number of nitrogens with zero attached hydrogens (tertiary/aromatic N) is 3. The Hall–Kier alpha value is -0.990. The molecule has 0 aromatic carbocycles. The first-order chi connectivity index (χ1) is 8.86. The minimum Gasteiger partial charge on any atom is -0.395 e. The highest BCUT2D eigenvalue weighted by molar-refractivity contribution is 7.89. The second-order valence-corrected chi connectivity index (χ2v) is 6.83. The highest BCUT2D eigenvalue weighted by Crippen LogP contribution is 2.27. The minimum atomic E-state index is -3.84. The molecule has 0 spiro atoms. The van der Waals surface area contributed by atoms with Gasteiger partial charge in [0.2, 0.25) is 0 Å². The number of hydrogen-bond donors (Lipinski definition) is 1. The van der Waals surface area contributed by atoms with E-state index in [9.17, 15) is 12.8 Å². The summed E-state index contributed by atoms with van der Waals surface area (Å²) in [7, 11) is -3.84. The Morgan fingerprint density at radius 2 is 2.26 bits per heavy atom. The summed E-state index contributed by atoms with van der Waals surface area (Å²) in [6.07, 6.45) is 1.66. The quantitative estimate of drug-likeness (QED) is 0.879. The molecule has 1 saturated heterocycles. The highest BCUT2D eigenvalue weighted by Gasteiger charge is 2.41. The maximum atomic E-state index is 13.3. The SMILES string of the molecule is CC(C)n1cnc(S(=O)(=O)N2C[C@@H](F)C[C@H]2CO)c1. The van der Waals surface area contributed by atoms with Gasteiger partial charge in [0.1, 0.15) is 6.17 Å². The largest absolute Gasteiger partial charge is 0.395 e. The van der Waals surface area contributed by atoms with Crippen molar-refractivity contribution in [2.45, 2.75) is 43.5 Å². The Labute approximate surface area is 111 Å². The fourth-order valence-electron chi connectivity index (χ4n) is 2.15. The molecule has 1 fully saturated rings. The second-order valence-electron chi connectivity index (χ2n) is 5.00. The third-order valence-corrected chi connectivity index (χ3v) is 5.08. The van der Waals surface area contributed by atoms with Gasteiger partial charge in [-0.1, -0.05) is 0 Å². The van der Waals surface area contributed by atoms with Crippen LogP contribution >= 0.6 is 0 Å². The van der Waals surface area contributed by atoms with Crippen molar-refractivity contribution in [1.29, 1.82) is 0 Å². The number of sulfonamides is 1. The van der Waals surface area contributed by atoms with Crippen LogP contribution in [0, 0.1) is 0 Å². The van der Waals surface area contributed by atoms with Crippen molar-refractivity contribution in [3.63, 3.8) is 0 Å². The normalized spacial score (nSPS) is 25.3. The van der Waals surface area contributed by atoms with Gasteiger partial charge in [-0.2, -0.15) is 4.31 Å². The molecule has 0 unspecified atom stereocenters. The number of aliphatic hydroxyl groups excluding tert-OH is 1. The fraction of sp³-hybridized carbons (Fsp3) is 0.727. The number of hydrogen-bond acceptors (Lipinski definition) is 4. The van der Waals surface area contributed by atoms with Gasteiger partial charge < -0.3 is 9.67 Å². The average molecular weight is 291 g/mol. The summed E-state index contributed by atoms with van der Waals surface area (Å²) in [6, 6.07) is -0.609. The Kier molecular flexibility index (Phi) is 3.93. The van der Waals surface area contributed by atoms with Crippen LogP contribution in [0.2, 0.25) is 0 Å². The lowest BCUT2D eigenvalue weighted by molar-refractivity contribution is 0.212. The Morgan fingerprint density at radius 3 is 2.79 bits per heavy atom. The maximum absolute atomic E-state index is 13.3. The molecular weight excluding hydrogens is 273 g/mol. The maximum Gasteiger partial charge on any atom is 0.262 e. The summed E-state index contributed by atoms with van der Waals surface area (Å²) in [4.78, 5) is 3.88. The van der Waals surface area contributed by atoms with Crippen molar-refractivity contribution < 1.29 is 17.9 Å². The molecule has 2 rings (SSSR count). The summed E-state index contributed by atoms with van der Waals surface area (Å²) in [6.45, 7) is 3.21. The molecule has 0 amide bonds. The Morgan fingerprint density at radius 1 is 1.58 bits per heavy atom. The summed E-state index contributed by atoms with van der Waals surface area (Å²) >= 11 is 0. The van der Waals surface area contributed by atoms with Crippen LogP contribution < -0.4 is 0 Å². The summed E-state index contributed by atoms with van der Waals surface area (Å²) < 4.78 is 40.7. The predicted molar refractivity (Wildman–Crippen MR) is 66.9 cm³/mol. The molecule has 2 heterocycles. The third-order valence-electron chi connectivity index (χ3n) is 3.27. The van der Waals surface area contributed by atoms with Crippen LogP contribution in [0.25, 0.3) is 0 Å². The van der Waals surface area contributed by atoms with Gasteiger partial charge in [0.05, 0.1) is 19.0 Å². The van der Waals surface area contributed by atoms with Crippen LogP contribution in [-0.2, 0) is 10.0 Å². The van der Waals surface area contributed by atoms with E-state index in [1.807, 2.05) is 13.8 Å². The fourth-order valence-corrected chi connectivity index (χ4v) is 3.72. The topological polar surface area (TPSA) is 75.4 Å². The number of rotatable bonds is 4. The van der Waals surface area contributed by atoms with E-state index in [0.29, 0.717) is 0 Å². The van der Waals surface area contributed by atoms with Crippen molar-refractivity contribution in [2.75, 3.05) is 13.2 Å². The Bertz CT molecular complexity index is 543. The van der Waals surface area contributed by atoms with Crippen molar-refractivity contribution in [1.82, 2.24) is 13.9 Å². The number of halogens is 1. The van der Waals surface area contributed by atoms with E-state index in [0.717, 1.165) is 4.31 Å². The van der Waals surface area contributed by atoms with Gasteiger partial charge in [0.15, 0.2) is 5.03 Å². The van der Waals surface area contributed by atoms with Gasteiger partial charge >= 0.3 is 0 Å². The van der Waals surface area contributed by atoms with Crippen LogP contribution in [0.15, 0.2) is 17.6 Å². The summed E-state index contributed by atoms with van der Waals surface area (Å²) in [5.74, 6) is 0. The molecule has 0 bridgehead atoms. The number of alkyl halides is 1. The number of aromatic nitrogens is 2. The van der Waals surface area contributed by atoms with E-state index in [1.54, 1.807) is 4.57 Å². The molecule has 1 aromatic rings. The Balaban J connectivity index is 2.31. The van der Waals surface area contributed by atoms with Gasteiger partial charge in [-0.25, -0.2) is 17.8 Å². The van der Waals surface area contributed by atoms with E-state index >= 15 is 0 Å². The molecule has 108 valence electrons. The average Bonchev–Trinajstić information content (AvgIpc) is 2.94. The third kappa shape index (κ3) is 2.65. The molecule has 1 aromatic heterocycles. The molecule has 2 atom stereocenters. The monoisotopic (exact) mass is 291 g/mol. The molecule has 1 aliphatic rings. The van der Waals surface area contributed by atoms with Gasteiger partial charge in [-0.05, 0) is 20.3 Å². The van der Waals surface area contributed by atoms with E-state index in [2.05, 4.69) is 4.98 Å². The van der Waals surface area contributed by atoms with E-state index in [4.69, 9.17) is 5.11 Å². The van der Waals surface area contributed by atoms with E-state index < -0.39 is 22.2 Å². The lowest BCUT2D eigenvalue weighted by atomic mass is 10.2. The molecule has 1 aliphatic heterocycles. The standard InChI is InChI=1S/C11H18FN3O3S/c1-8(2)14-5-11(13-7-14)19(17,18)15-4-9(12)3-10(15)6-16/h5,7-10,16H,3-4,6H2,1-2H3/t9-,10-/m0/s1. The molecule has 6 nitrogen and oxygen atoms in total. The lowest BCUT2D eigenvalue weighted by Crippen LogP contribution is -2.38. The predicted octanol–water partition coefficient (Wildman–Crippen LogP) is 0.557. The van der Waals surface area contributed by atoms with Crippen molar-refractivity contribution >= 4 is 10.0 Å². The van der Waals surface area contributed by atoms with Crippen LogP contribution in [0.1, 0.15) is 26.3 Å². The smallest absolute Gasteiger partial charge is 0.262 e. The first-order valence-corrected chi connectivity index (χ1v) is 7.60. The molecule has 8 heteroatoms. The summed E-state index contributed by atoms with van der Waals surface area (Å²) in [5, 5.41) is 9.06. The molecular formula is C11H18FN3O3S. The zero-order valence-corrected chi connectivity index (χ0v) is 11.7. The zero-order valence-electron chi connectivity index (χ0n) is 10.9. The molecule has 19 heavy (non-hydrogen) atoms. The lowest BCUT2D eigenvalue weighted by Gasteiger charge is -2.20. The van der Waals surface area contributed by atoms with Gasteiger partial charge in [-0.3, -0.25) is 0 Å². The van der Waals surface area contributed by atoms with Gasteiger partial charge in [0.25, 0.3) is 10.0 Å².